The normalized spacial score (nSPS) is 15.8. The van der Waals surface area contributed by atoms with E-state index in [9.17, 15) is 4.79 Å². The van der Waals surface area contributed by atoms with E-state index in [0.29, 0.717) is 12.0 Å². The van der Waals surface area contributed by atoms with Crippen LogP contribution in [0.25, 0.3) is 0 Å². The van der Waals surface area contributed by atoms with Gasteiger partial charge in [0.2, 0.25) is 5.91 Å². The van der Waals surface area contributed by atoms with Crippen LogP contribution in [0.3, 0.4) is 0 Å². The molecule has 0 aromatic rings. The van der Waals surface area contributed by atoms with E-state index in [0.717, 1.165) is 12.8 Å². The molecule has 0 spiro atoms. The summed E-state index contributed by atoms with van der Waals surface area (Å²) in [6.45, 7) is 14.5. The minimum atomic E-state index is -0.162. The molecule has 0 saturated heterocycles. The average Bonchev–Trinajstić information content (AvgIpc) is 2.16. The van der Waals surface area contributed by atoms with E-state index in [2.05, 4.69) is 31.4 Å². The maximum absolute atomic E-state index is 11.9. The lowest BCUT2D eigenvalue weighted by Crippen LogP contribution is -2.52. The Labute approximate surface area is 107 Å². The lowest BCUT2D eigenvalue weighted by Gasteiger charge is -2.28. The van der Waals surface area contributed by atoms with Gasteiger partial charge in [-0.1, -0.05) is 26.7 Å². The number of hydrogen-bond donors (Lipinski definition) is 2. The van der Waals surface area contributed by atoms with Crippen LogP contribution in [0.2, 0.25) is 0 Å². The quantitative estimate of drug-likeness (QED) is 0.752. The molecule has 0 aliphatic rings. The minimum absolute atomic E-state index is 0.0790. The number of carbonyl (C=O) groups is 1. The third kappa shape index (κ3) is 6.67. The Morgan fingerprint density at radius 1 is 1.12 bits per heavy atom. The zero-order chi connectivity index (χ0) is 13.6. The maximum atomic E-state index is 11.9. The van der Waals surface area contributed by atoms with Crippen molar-refractivity contribution in [1.82, 2.24) is 10.6 Å². The first kappa shape index (κ1) is 16.4. The fourth-order valence-corrected chi connectivity index (χ4v) is 2.08. The van der Waals surface area contributed by atoms with Crippen LogP contribution in [0, 0.1) is 5.92 Å². The van der Waals surface area contributed by atoms with Gasteiger partial charge in [0.15, 0.2) is 0 Å². The molecule has 3 heteroatoms. The van der Waals surface area contributed by atoms with Gasteiger partial charge in [0, 0.05) is 11.6 Å². The Hall–Kier alpha value is -0.570. The van der Waals surface area contributed by atoms with E-state index in [4.69, 9.17) is 0 Å². The van der Waals surface area contributed by atoms with Crippen molar-refractivity contribution in [3.8, 4) is 0 Å². The highest BCUT2D eigenvalue weighted by Gasteiger charge is 2.22. The number of rotatable bonds is 6. The fraction of sp³-hybridized carbons (Fsp3) is 0.929. The second-order valence-electron chi connectivity index (χ2n) is 5.99. The number of nitrogens with one attached hydrogen (secondary N) is 2. The molecule has 0 rings (SSSR count). The number of carbonyl (C=O) groups excluding carboxylic acids is 1. The Morgan fingerprint density at radius 2 is 1.59 bits per heavy atom. The third-order valence-electron chi connectivity index (χ3n) is 3.16. The van der Waals surface area contributed by atoms with Crippen LogP contribution >= 0.6 is 0 Å². The van der Waals surface area contributed by atoms with Crippen molar-refractivity contribution in [2.24, 2.45) is 5.92 Å². The minimum Gasteiger partial charge on any atom is -0.350 e. The van der Waals surface area contributed by atoms with E-state index in [1.54, 1.807) is 0 Å². The molecular weight excluding hydrogens is 212 g/mol. The Balaban J connectivity index is 4.24. The monoisotopic (exact) mass is 242 g/mol. The summed E-state index contributed by atoms with van der Waals surface area (Å²) in [6.07, 6.45) is 2.30. The summed E-state index contributed by atoms with van der Waals surface area (Å²) < 4.78 is 0. The number of amides is 1. The Morgan fingerprint density at radius 3 is 1.94 bits per heavy atom. The van der Waals surface area contributed by atoms with Crippen LogP contribution in [-0.2, 0) is 4.79 Å². The highest BCUT2D eigenvalue weighted by molar-refractivity contribution is 5.81. The fourth-order valence-electron chi connectivity index (χ4n) is 2.08. The molecule has 102 valence electrons. The molecule has 1 amide bonds. The molecule has 17 heavy (non-hydrogen) atoms. The topological polar surface area (TPSA) is 41.1 Å². The first-order chi connectivity index (χ1) is 7.71. The lowest BCUT2D eigenvalue weighted by molar-refractivity contribution is -0.124. The van der Waals surface area contributed by atoms with Gasteiger partial charge >= 0.3 is 0 Å². The van der Waals surface area contributed by atoms with Crippen molar-refractivity contribution in [2.75, 3.05) is 0 Å². The van der Waals surface area contributed by atoms with Crippen LogP contribution in [0.1, 0.15) is 61.3 Å². The summed E-state index contributed by atoms with van der Waals surface area (Å²) in [7, 11) is 0. The van der Waals surface area contributed by atoms with Gasteiger partial charge in [-0.2, -0.15) is 0 Å². The van der Waals surface area contributed by atoms with Crippen LogP contribution < -0.4 is 10.6 Å². The predicted molar refractivity (Wildman–Crippen MR) is 74.0 cm³/mol. The average molecular weight is 242 g/mol. The van der Waals surface area contributed by atoms with E-state index in [-0.39, 0.29) is 17.5 Å². The molecule has 2 atom stereocenters. The first-order valence-corrected chi connectivity index (χ1v) is 6.79. The van der Waals surface area contributed by atoms with Crippen molar-refractivity contribution in [2.45, 2.75) is 78.9 Å². The molecule has 0 fully saturated rings. The highest BCUT2D eigenvalue weighted by atomic mass is 16.2. The van der Waals surface area contributed by atoms with Crippen molar-refractivity contribution in [1.29, 1.82) is 0 Å². The summed E-state index contributed by atoms with van der Waals surface area (Å²) in [4.78, 5) is 11.9. The molecule has 2 N–H and O–H groups in total. The molecule has 0 aromatic heterocycles. The van der Waals surface area contributed by atoms with Crippen LogP contribution in [0.15, 0.2) is 0 Å². The van der Waals surface area contributed by atoms with Crippen molar-refractivity contribution in [3.05, 3.63) is 0 Å². The second kappa shape index (κ2) is 7.00. The lowest BCUT2D eigenvalue weighted by atomic mass is 9.95. The van der Waals surface area contributed by atoms with Gasteiger partial charge in [0.25, 0.3) is 0 Å². The van der Waals surface area contributed by atoms with Gasteiger partial charge in [-0.15, -0.1) is 0 Å². The van der Waals surface area contributed by atoms with Crippen LogP contribution in [0.4, 0.5) is 0 Å². The van der Waals surface area contributed by atoms with Crippen LogP contribution in [-0.4, -0.2) is 23.5 Å². The summed E-state index contributed by atoms with van der Waals surface area (Å²) >= 11 is 0. The van der Waals surface area contributed by atoms with Crippen molar-refractivity contribution < 1.29 is 4.79 Å². The van der Waals surface area contributed by atoms with E-state index < -0.39 is 0 Å². The summed E-state index contributed by atoms with van der Waals surface area (Å²) in [5.41, 5.74) is -0.162. The zero-order valence-electron chi connectivity index (χ0n) is 12.6. The largest absolute Gasteiger partial charge is 0.350 e. The van der Waals surface area contributed by atoms with Crippen molar-refractivity contribution >= 4 is 5.91 Å². The maximum Gasteiger partial charge on any atom is 0.237 e. The number of hydrogen-bond acceptors (Lipinski definition) is 2. The highest BCUT2D eigenvalue weighted by Crippen LogP contribution is 2.13. The smallest absolute Gasteiger partial charge is 0.237 e. The molecule has 3 nitrogen and oxygen atoms in total. The Bertz CT molecular complexity index is 229. The van der Waals surface area contributed by atoms with Gasteiger partial charge in [-0.05, 0) is 40.5 Å². The van der Waals surface area contributed by atoms with Gasteiger partial charge in [0.1, 0.15) is 0 Å². The molecule has 0 heterocycles. The van der Waals surface area contributed by atoms with Gasteiger partial charge in [-0.25, -0.2) is 0 Å². The predicted octanol–water partition coefficient (Wildman–Crippen LogP) is 2.70. The first-order valence-electron chi connectivity index (χ1n) is 6.79. The molecule has 0 aromatic carbocycles. The standard InChI is InChI=1S/C14H30N2O/c1-8-12(9-2)10(3)15-11(4)13(17)16-14(5,6)7/h10-12,15H,8-9H2,1-7H3,(H,16,17). The molecule has 0 saturated carbocycles. The molecule has 0 aliphatic carbocycles. The third-order valence-corrected chi connectivity index (χ3v) is 3.16. The SMILES string of the molecule is CCC(CC)C(C)NC(C)C(=O)NC(C)(C)C. The molecule has 0 bridgehead atoms. The van der Waals surface area contributed by atoms with E-state index in [1.165, 1.54) is 0 Å². The molecule has 0 aliphatic heterocycles. The van der Waals surface area contributed by atoms with Crippen molar-refractivity contribution in [3.63, 3.8) is 0 Å². The summed E-state index contributed by atoms with van der Waals surface area (Å²) in [6, 6.07) is 0.246. The van der Waals surface area contributed by atoms with Gasteiger partial charge in [-0.3, -0.25) is 4.79 Å². The Kier molecular flexibility index (Phi) is 6.76. The molecule has 0 radical (unpaired) electrons. The van der Waals surface area contributed by atoms with Crippen LogP contribution in [0.5, 0.6) is 0 Å². The molecule has 2 unspecified atom stereocenters. The summed E-state index contributed by atoms with van der Waals surface area (Å²) in [5, 5.41) is 6.39. The van der Waals surface area contributed by atoms with E-state index >= 15 is 0 Å². The van der Waals surface area contributed by atoms with Gasteiger partial charge in [0.05, 0.1) is 6.04 Å². The second-order valence-corrected chi connectivity index (χ2v) is 5.99. The summed E-state index contributed by atoms with van der Waals surface area (Å²) in [5.74, 6) is 0.718. The zero-order valence-corrected chi connectivity index (χ0v) is 12.6. The molecular formula is C14H30N2O. The van der Waals surface area contributed by atoms with Gasteiger partial charge < -0.3 is 10.6 Å². The van der Waals surface area contributed by atoms with E-state index in [1.807, 2.05) is 27.7 Å².